The van der Waals surface area contributed by atoms with Crippen LogP contribution in [0.1, 0.15) is 49.3 Å². The van der Waals surface area contributed by atoms with Gasteiger partial charge in [-0.2, -0.15) is 0 Å². The average molecular weight is 361 g/mol. The van der Waals surface area contributed by atoms with Gasteiger partial charge in [0.2, 0.25) is 0 Å². The van der Waals surface area contributed by atoms with Gasteiger partial charge in [0, 0.05) is 25.1 Å². The Morgan fingerprint density at radius 1 is 0.739 bits per heavy atom. The van der Waals surface area contributed by atoms with E-state index >= 15 is 0 Å². The van der Waals surface area contributed by atoms with E-state index < -0.39 is 0 Å². The summed E-state index contributed by atoms with van der Waals surface area (Å²) >= 11 is 5.83. The lowest BCUT2D eigenvalue weighted by Crippen LogP contribution is -1.76. The van der Waals surface area contributed by atoms with E-state index in [0.717, 1.165) is 0 Å². The maximum absolute atomic E-state index is 2.32. The highest BCUT2D eigenvalue weighted by atomic mass is 32.1. The monoisotopic (exact) mass is 360 g/mol. The predicted molar refractivity (Wildman–Crippen MR) is 108 cm³/mol. The van der Waals surface area contributed by atoms with Gasteiger partial charge in [0.05, 0.1) is 4.88 Å². The molecule has 3 heteroatoms. The van der Waals surface area contributed by atoms with Gasteiger partial charge >= 0.3 is 0 Å². The van der Waals surface area contributed by atoms with E-state index in [4.69, 9.17) is 0 Å². The van der Waals surface area contributed by atoms with Gasteiger partial charge in [-0.25, -0.2) is 0 Å². The van der Waals surface area contributed by atoms with Crippen LogP contribution in [0.2, 0.25) is 0 Å². The summed E-state index contributed by atoms with van der Waals surface area (Å²) in [5.41, 5.74) is 1.42. The number of hydrogen-bond donors (Lipinski definition) is 0. The minimum atomic E-state index is 1.22. The molecule has 0 fully saturated rings. The first-order chi connectivity index (χ1) is 11.3. The van der Waals surface area contributed by atoms with Crippen molar-refractivity contribution in [1.29, 1.82) is 0 Å². The molecule has 0 amide bonds. The highest BCUT2D eigenvalue weighted by molar-refractivity contribution is 7.22. The van der Waals surface area contributed by atoms with Gasteiger partial charge in [0.15, 0.2) is 0 Å². The fraction of sp³-hybridized carbons (Fsp3) is 0.400. The normalized spacial score (nSPS) is 11.2. The summed E-state index contributed by atoms with van der Waals surface area (Å²) in [6, 6.07) is 11.6. The lowest BCUT2D eigenvalue weighted by molar-refractivity contribution is 0.804. The van der Waals surface area contributed by atoms with Gasteiger partial charge in [-0.3, -0.25) is 0 Å². The third-order valence-electron chi connectivity index (χ3n) is 4.03. The maximum atomic E-state index is 2.32. The van der Waals surface area contributed by atoms with E-state index in [1.807, 2.05) is 34.0 Å². The summed E-state index contributed by atoms with van der Waals surface area (Å²) in [5, 5.41) is 2.24. The Labute approximate surface area is 151 Å². The third kappa shape index (κ3) is 4.14. The van der Waals surface area contributed by atoms with Crippen molar-refractivity contribution in [2.45, 2.75) is 52.4 Å². The average Bonchev–Trinajstić information content (AvgIpc) is 3.29. The Bertz CT molecular complexity index is 669. The van der Waals surface area contributed by atoms with E-state index in [2.05, 4.69) is 49.6 Å². The molecule has 0 aliphatic rings. The van der Waals surface area contributed by atoms with Crippen molar-refractivity contribution in [2.75, 3.05) is 0 Å². The molecule has 0 aliphatic heterocycles. The summed E-state index contributed by atoms with van der Waals surface area (Å²) in [7, 11) is 0. The van der Waals surface area contributed by atoms with E-state index in [0.29, 0.717) is 0 Å². The van der Waals surface area contributed by atoms with Gasteiger partial charge in [0.25, 0.3) is 0 Å². The van der Waals surface area contributed by atoms with Crippen molar-refractivity contribution in [3.8, 4) is 20.2 Å². The zero-order chi connectivity index (χ0) is 16.1. The van der Waals surface area contributed by atoms with Crippen LogP contribution in [-0.2, 0) is 12.8 Å². The smallest absolute Gasteiger partial charge is 0.0529 e. The molecule has 0 spiro atoms. The lowest BCUT2D eigenvalue weighted by Gasteiger charge is -1.99. The predicted octanol–water partition coefficient (Wildman–Crippen LogP) is 7.89. The summed E-state index contributed by atoms with van der Waals surface area (Å²) in [5.74, 6) is 0. The molecule has 0 saturated heterocycles. The molecule has 0 aliphatic carbocycles. The van der Waals surface area contributed by atoms with E-state index in [9.17, 15) is 0 Å². The summed E-state index contributed by atoms with van der Waals surface area (Å²) in [6.45, 7) is 4.53. The van der Waals surface area contributed by atoms with Gasteiger partial charge in [0.1, 0.15) is 0 Å². The van der Waals surface area contributed by atoms with Crippen molar-refractivity contribution < 1.29 is 0 Å². The fourth-order valence-corrected chi connectivity index (χ4v) is 5.94. The number of thiophene rings is 3. The molecule has 3 heterocycles. The lowest BCUT2D eigenvalue weighted by atomic mass is 10.2. The molecule has 122 valence electrons. The van der Waals surface area contributed by atoms with Crippen LogP contribution in [-0.4, -0.2) is 0 Å². The molecule has 23 heavy (non-hydrogen) atoms. The molecular formula is C20H24S3. The first-order valence-corrected chi connectivity index (χ1v) is 11.1. The van der Waals surface area contributed by atoms with Crippen molar-refractivity contribution in [2.24, 2.45) is 0 Å². The summed E-state index contributed by atoms with van der Waals surface area (Å²) < 4.78 is 0. The van der Waals surface area contributed by atoms with E-state index in [1.165, 1.54) is 68.5 Å². The molecule has 0 saturated carbocycles. The topological polar surface area (TPSA) is 0 Å². The van der Waals surface area contributed by atoms with Crippen LogP contribution < -0.4 is 0 Å². The molecule has 3 aromatic heterocycles. The largest absolute Gasteiger partial charge is 0.142 e. The Morgan fingerprint density at radius 2 is 1.35 bits per heavy atom. The van der Waals surface area contributed by atoms with Gasteiger partial charge < -0.3 is 0 Å². The molecule has 0 radical (unpaired) electrons. The van der Waals surface area contributed by atoms with Crippen LogP contribution in [0, 0.1) is 0 Å². The minimum absolute atomic E-state index is 1.22. The number of unbranched alkanes of at least 4 members (excludes halogenated alkanes) is 2. The SMILES string of the molecule is CCCCc1ccc(-c2ccsc2-c2ccc(CCCC)s2)s1. The second-order valence-corrected chi connectivity index (χ2v) is 9.16. The van der Waals surface area contributed by atoms with Crippen molar-refractivity contribution in [1.82, 2.24) is 0 Å². The molecule has 0 bridgehead atoms. The maximum Gasteiger partial charge on any atom is 0.0529 e. The quantitative estimate of drug-likeness (QED) is 0.383. The molecule has 0 unspecified atom stereocenters. The molecule has 3 rings (SSSR count). The molecule has 0 atom stereocenters. The number of aryl methyl sites for hydroxylation is 2. The fourth-order valence-electron chi connectivity index (χ4n) is 2.69. The second kappa shape index (κ2) is 8.27. The van der Waals surface area contributed by atoms with Gasteiger partial charge in [-0.05, 0) is 61.4 Å². The molecule has 0 N–H and O–H groups in total. The molecule has 3 aromatic rings. The van der Waals surface area contributed by atoms with Crippen LogP contribution in [0.3, 0.4) is 0 Å². The van der Waals surface area contributed by atoms with Crippen molar-refractivity contribution in [3.63, 3.8) is 0 Å². The highest BCUT2D eigenvalue weighted by Crippen LogP contribution is 2.42. The van der Waals surface area contributed by atoms with E-state index in [-0.39, 0.29) is 0 Å². The van der Waals surface area contributed by atoms with Gasteiger partial charge in [-0.15, -0.1) is 34.0 Å². The second-order valence-electron chi connectivity index (χ2n) is 5.90. The Balaban J connectivity index is 1.81. The first-order valence-electron chi connectivity index (χ1n) is 8.57. The summed E-state index contributed by atoms with van der Waals surface area (Å²) in [4.78, 5) is 7.35. The van der Waals surface area contributed by atoms with Crippen LogP contribution in [0.25, 0.3) is 20.2 Å². The zero-order valence-corrected chi connectivity index (χ0v) is 16.4. The van der Waals surface area contributed by atoms with Crippen molar-refractivity contribution in [3.05, 3.63) is 45.5 Å². The molecular weight excluding hydrogens is 336 g/mol. The van der Waals surface area contributed by atoms with Crippen LogP contribution >= 0.6 is 34.0 Å². The standard InChI is InChI=1S/C20H24S3/c1-3-5-7-15-9-11-18(22-15)17-13-14-21-20(17)19-12-10-16(23-19)8-6-4-2/h9-14H,3-8H2,1-2H3. The first kappa shape index (κ1) is 16.9. The number of hydrogen-bond acceptors (Lipinski definition) is 3. The van der Waals surface area contributed by atoms with Crippen LogP contribution in [0.15, 0.2) is 35.7 Å². The van der Waals surface area contributed by atoms with Gasteiger partial charge in [-0.1, -0.05) is 26.7 Å². The van der Waals surface area contributed by atoms with Crippen LogP contribution in [0.5, 0.6) is 0 Å². The zero-order valence-electron chi connectivity index (χ0n) is 13.9. The Hall–Kier alpha value is -0.900. The number of rotatable bonds is 8. The Morgan fingerprint density at radius 3 is 2.00 bits per heavy atom. The Kier molecular flexibility index (Phi) is 6.09. The van der Waals surface area contributed by atoms with E-state index in [1.54, 1.807) is 0 Å². The van der Waals surface area contributed by atoms with Crippen molar-refractivity contribution >= 4 is 34.0 Å². The molecule has 0 nitrogen and oxygen atoms in total. The highest BCUT2D eigenvalue weighted by Gasteiger charge is 2.13. The minimum Gasteiger partial charge on any atom is -0.142 e. The summed E-state index contributed by atoms with van der Waals surface area (Å²) in [6.07, 6.45) is 7.58. The van der Waals surface area contributed by atoms with Crippen LogP contribution in [0.4, 0.5) is 0 Å². The molecule has 0 aromatic carbocycles. The third-order valence-corrected chi connectivity index (χ3v) is 7.45.